The second-order valence-electron chi connectivity index (χ2n) is 20.3. The fourth-order valence-corrected chi connectivity index (χ4v) is 14.4. The van der Waals surface area contributed by atoms with Gasteiger partial charge in [-0.2, -0.15) is 0 Å². The second kappa shape index (κ2) is 14.8. The molecule has 0 radical (unpaired) electrons. The van der Waals surface area contributed by atoms with Crippen LogP contribution >= 0.6 is 0 Å². The summed E-state index contributed by atoms with van der Waals surface area (Å²) in [5.74, 6) is 0. The van der Waals surface area contributed by atoms with Crippen molar-refractivity contribution < 1.29 is 19.5 Å². The standard InChI is InChI=1S/C56H54N8.Zn/c1-61-29-53-31-62(2)32-54(53,30-61)50-46(38-19-11-6-12-20-38)42-26-28-44(58-42)48(40-23-15-8-16-24-40)52-56-34-63(3)33-55(56,35-64(4)36-56)51(60-52)47(39-21-13-7-14-22-39)43-27-25-41(57-43)45(49(53)59-50)37-17-9-5-10-18-37;/h5-28,49,59H,29-36H2,1-4H3;/q-2;+2/b45-41-,47-43-,50-46-,52-48-;. The predicted molar refractivity (Wildman–Crippen MR) is 256 cm³/mol. The molecular formula is C56H54N8Zn. The molecule has 0 spiro atoms. The van der Waals surface area contributed by atoms with Gasteiger partial charge in [0.1, 0.15) is 0 Å². The number of hydrogen-bond donors (Lipinski definition) is 1. The topological polar surface area (TPSA) is 65.5 Å². The number of hydrogen-bond acceptors (Lipinski definition) is 6. The van der Waals surface area contributed by atoms with Crippen LogP contribution in [0.2, 0.25) is 0 Å². The van der Waals surface area contributed by atoms with Gasteiger partial charge in [0, 0.05) is 68.9 Å². The molecule has 0 amide bonds. The van der Waals surface area contributed by atoms with Crippen LogP contribution in [0.5, 0.6) is 0 Å². The number of rotatable bonds is 4. The van der Waals surface area contributed by atoms with Crippen molar-refractivity contribution in [3.63, 3.8) is 0 Å². The van der Waals surface area contributed by atoms with Gasteiger partial charge < -0.3 is 34.9 Å². The third kappa shape index (κ3) is 5.63. The Labute approximate surface area is 394 Å². The molecule has 5 fully saturated rings. The van der Waals surface area contributed by atoms with E-state index < -0.39 is 0 Å². The van der Waals surface area contributed by atoms with Crippen LogP contribution in [-0.2, 0) is 19.5 Å². The summed E-state index contributed by atoms with van der Waals surface area (Å²) in [6.07, 6.45) is 0. The fourth-order valence-electron chi connectivity index (χ4n) is 14.4. The Morgan fingerprint density at radius 1 is 0.462 bits per heavy atom. The van der Waals surface area contributed by atoms with Crippen LogP contribution in [0.3, 0.4) is 0 Å². The zero-order valence-corrected chi connectivity index (χ0v) is 40.9. The van der Waals surface area contributed by atoms with E-state index >= 15 is 0 Å². The Morgan fingerprint density at radius 2 is 0.908 bits per heavy atom. The van der Waals surface area contributed by atoms with Crippen LogP contribution < -0.4 is 26.0 Å². The Morgan fingerprint density at radius 3 is 1.48 bits per heavy atom. The van der Waals surface area contributed by atoms with E-state index in [-0.39, 0.29) is 47.2 Å². The van der Waals surface area contributed by atoms with Crippen LogP contribution in [-0.4, -0.2) is 112 Å². The minimum atomic E-state index is -0.274. The predicted octanol–water partition coefficient (Wildman–Crippen LogP) is 5.38. The normalized spacial score (nSPS) is 33.6. The summed E-state index contributed by atoms with van der Waals surface area (Å²) in [5, 5.41) is 6.45. The minimum Gasteiger partial charge on any atom is -0.657 e. The molecule has 1 unspecified atom stereocenters. The van der Waals surface area contributed by atoms with E-state index in [1.54, 1.807) is 0 Å². The van der Waals surface area contributed by atoms with Gasteiger partial charge in [-0.05, 0) is 72.7 Å². The average Bonchev–Trinajstić information content (AvgIpc) is 4.17. The first-order valence-corrected chi connectivity index (χ1v) is 23.1. The third-order valence-corrected chi connectivity index (χ3v) is 16.3. The molecule has 0 aliphatic carbocycles. The molecule has 9 heteroatoms. The number of aromatic nitrogens is 2. The molecule has 9 heterocycles. The van der Waals surface area contributed by atoms with Gasteiger partial charge in [0.05, 0.1) is 28.3 Å². The summed E-state index contributed by atoms with van der Waals surface area (Å²) >= 11 is 0. The van der Waals surface area contributed by atoms with Gasteiger partial charge in [-0.1, -0.05) is 146 Å². The number of aliphatic imine (C=N–C) groups is 1. The third-order valence-electron chi connectivity index (χ3n) is 16.3. The van der Waals surface area contributed by atoms with E-state index in [9.17, 15) is 0 Å². The Bertz CT molecular complexity index is 3040. The number of nitrogens with zero attached hydrogens (tertiary/aromatic N) is 7. The monoisotopic (exact) mass is 902 g/mol. The first-order valence-electron chi connectivity index (χ1n) is 23.1. The molecule has 8 nitrogen and oxygen atoms in total. The van der Waals surface area contributed by atoms with E-state index in [2.05, 4.69) is 199 Å². The van der Waals surface area contributed by atoms with Crippen LogP contribution in [0.15, 0.2) is 162 Å². The second-order valence-corrected chi connectivity index (χ2v) is 20.3. The largest absolute Gasteiger partial charge is 2.00 e. The van der Waals surface area contributed by atoms with Gasteiger partial charge in [0.15, 0.2) is 0 Å². The van der Waals surface area contributed by atoms with Crippen molar-refractivity contribution in [2.75, 3.05) is 80.5 Å². The molecule has 7 aliphatic rings. The van der Waals surface area contributed by atoms with E-state index in [1.807, 2.05) is 0 Å². The summed E-state index contributed by atoms with van der Waals surface area (Å²) < 4.78 is 0. The Kier molecular flexibility index (Phi) is 9.35. The van der Waals surface area contributed by atoms with Gasteiger partial charge in [0.2, 0.25) is 0 Å². The van der Waals surface area contributed by atoms with Crippen molar-refractivity contribution in [1.29, 1.82) is 0 Å². The maximum atomic E-state index is 6.11. The van der Waals surface area contributed by atoms with Crippen molar-refractivity contribution in [3.8, 4) is 0 Å². The van der Waals surface area contributed by atoms with Crippen molar-refractivity contribution in [3.05, 3.63) is 201 Å². The number of nitrogens with one attached hydrogen (secondary N) is 1. The summed E-state index contributed by atoms with van der Waals surface area (Å²) in [5.41, 5.74) is 14.1. The van der Waals surface area contributed by atoms with Crippen molar-refractivity contribution in [2.24, 2.45) is 26.7 Å². The zero-order chi connectivity index (χ0) is 43.0. The maximum absolute atomic E-state index is 6.11. The molecule has 320 valence electrons. The molecule has 6 aromatic rings. The molecule has 13 rings (SSSR count). The van der Waals surface area contributed by atoms with Gasteiger partial charge in [0.25, 0.3) is 0 Å². The fraction of sp³-hybridized carbons (Fsp3) is 0.304. The Balaban J connectivity index is 0.00000444. The van der Waals surface area contributed by atoms with Gasteiger partial charge in [-0.3, -0.25) is 4.99 Å². The molecule has 1 atom stereocenters. The SMILES string of the molecule is CN1CC23CN(C)CC2(C1)C1=C(\c2ccccc2)c2ccc([n-]2)/C(c2ccccc2)=C2\NC(/C(c4ccccc4)=c4/cc/c([n-]4)=C(c4ccccc4)/C3=N\1)C13CN(C)CC21CN(C)C3.[Zn+2]. The zero-order valence-electron chi connectivity index (χ0n) is 37.9. The number of fused-ring (bicyclic) bond motifs is 7. The summed E-state index contributed by atoms with van der Waals surface area (Å²) in [6, 6.07) is 53.3. The average molecular weight is 904 g/mol. The minimum absolute atomic E-state index is 0. The molecule has 0 saturated carbocycles. The van der Waals surface area contributed by atoms with Gasteiger partial charge in [-0.15, -0.1) is 22.1 Å². The number of benzene rings is 4. The smallest absolute Gasteiger partial charge is 0.657 e. The van der Waals surface area contributed by atoms with Crippen molar-refractivity contribution >= 4 is 28.0 Å². The van der Waals surface area contributed by atoms with Crippen LogP contribution in [0, 0.1) is 21.7 Å². The van der Waals surface area contributed by atoms with Crippen molar-refractivity contribution in [1.82, 2.24) is 34.9 Å². The van der Waals surface area contributed by atoms with Gasteiger partial charge >= 0.3 is 19.5 Å². The molecule has 65 heavy (non-hydrogen) atoms. The van der Waals surface area contributed by atoms with E-state index in [1.165, 1.54) is 28.0 Å². The first kappa shape index (κ1) is 41.1. The number of likely N-dealkylation sites (tertiary alicyclic amines) is 4. The van der Waals surface area contributed by atoms with Crippen LogP contribution in [0.25, 0.3) is 22.3 Å². The molecule has 1 N–H and O–H groups in total. The summed E-state index contributed by atoms with van der Waals surface area (Å²) in [7, 11) is 9.26. The van der Waals surface area contributed by atoms with E-state index in [0.717, 1.165) is 108 Å². The van der Waals surface area contributed by atoms with E-state index in [0.29, 0.717) is 0 Å². The molecule has 2 aromatic heterocycles. The first-order chi connectivity index (χ1) is 31.2. The molecule has 7 aliphatic heterocycles. The van der Waals surface area contributed by atoms with Crippen LogP contribution in [0.1, 0.15) is 33.6 Å². The Hall–Kier alpha value is -5.41. The maximum Gasteiger partial charge on any atom is 2.00 e. The van der Waals surface area contributed by atoms with Crippen molar-refractivity contribution in [2.45, 2.75) is 6.04 Å². The molecular weight excluding hydrogens is 850 g/mol. The molecule has 5 saturated heterocycles. The molecule has 4 aromatic carbocycles. The molecule has 8 bridgehead atoms. The quantitative estimate of drug-likeness (QED) is 0.239. The van der Waals surface area contributed by atoms with Gasteiger partial charge in [-0.25, -0.2) is 0 Å². The summed E-state index contributed by atoms with van der Waals surface area (Å²) in [6.45, 7) is 7.49. The van der Waals surface area contributed by atoms with E-state index in [4.69, 9.17) is 15.0 Å². The van der Waals surface area contributed by atoms with Crippen LogP contribution in [0.4, 0.5) is 0 Å². The summed E-state index contributed by atoms with van der Waals surface area (Å²) in [4.78, 5) is 28.2.